The Labute approximate surface area is 333 Å². The van der Waals surface area contributed by atoms with E-state index in [-0.39, 0.29) is 0 Å². The molecule has 3 aromatic heterocycles. The number of hydrogen-bond donors (Lipinski definition) is 0. The van der Waals surface area contributed by atoms with Crippen molar-refractivity contribution in [3.8, 4) is 0 Å². The normalized spacial score (nSPS) is 12.5. The van der Waals surface area contributed by atoms with Gasteiger partial charge >= 0.3 is 0 Å². The lowest BCUT2D eigenvalue weighted by Crippen LogP contribution is -1.92. The van der Waals surface area contributed by atoms with Crippen LogP contribution in [0.15, 0.2) is 146 Å². The standard InChI is InChI=1S/C54H45N3/c1-4-55-49-16-10-7-13-43(49)46-34-37(25-28-52(46)55)19-22-40-31-41(23-20-38-26-29-53-47(35-38)44-14-8-11-17-50(44)56(53)5-2)33-42(32-40)24-21-39-27-30-54-48(36-39)45-15-9-12-18-51(45)57(54)6-3/h7-36H,4-6H2,1-3H3. The number of aryl methyl sites for hydroxylation is 3. The number of hydrogen-bond acceptors (Lipinski definition) is 0. The van der Waals surface area contributed by atoms with Gasteiger partial charge in [0.1, 0.15) is 0 Å². The summed E-state index contributed by atoms with van der Waals surface area (Å²) >= 11 is 0. The quantitative estimate of drug-likeness (QED) is 0.131. The van der Waals surface area contributed by atoms with Crippen molar-refractivity contribution in [1.29, 1.82) is 0 Å². The molecule has 0 bridgehead atoms. The van der Waals surface area contributed by atoms with Crippen LogP contribution < -0.4 is 0 Å². The van der Waals surface area contributed by atoms with Gasteiger partial charge in [0.15, 0.2) is 0 Å². The van der Waals surface area contributed by atoms with E-state index in [1.54, 1.807) is 0 Å². The average molecular weight is 736 g/mol. The zero-order valence-electron chi connectivity index (χ0n) is 32.8. The van der Waals surface area contributed by atoms with E-state index in [1.807, 2.05) is 0 Å². The predicted octanol–water partition coefficient (Wildman–Crippen LogP) is 14.6. The fraction of sp³-hybridized carbons (Fsp3) is 0.111. The molecule has 0 spiro atoms. The molecule has 0 aliphatic carbocycles. The van der Waals surface area contributed by atoms with Crippen molar-refractivity contribution in [2.45, 2.75) is 40.4 Å². The topological polar surface area (TPSA) is 14.8 Å². The smallest absolute Gasteiger partial charge is 0.0491 e. The molecule has 0 radical (unpaired) electrons. The van der Waals surface area contributed by atoms with Gasteiger partial charge < -0.3 is 13.7 Å². The second-order valence-electron chi connectivity index (χ2n) is 15.0. The van der Waals surface area contributed by atoms with Crippen LogP contribution >= 0.6 is 0 Å². The first-order valence-corrected chi connectivity index (χ1v) is 20.3. The second kappa shape index (κ2) is 14.3. The molecular weight excluding hydrogens is 691 g/mol. The zero-order chi connectivity index (χ0) is 38.5. The Morgan fingerprint density at radius 1 is 0.281 bits per heavy atom. The maximum absolute atomic E-state index is 2.41. The van der Waals surface area contributed by atoms with E-state index >= 15 is 0 Å². The van der Waals surface area contributed by atoms with Crippen LogP contribution in [0.4, 0.5) is 0 Å². The largest absolute Gasteiger partial charge is 0.341 e. The minimum absolute atomic E-state index is 0.946. The summed E-state index contributed by atoms with van der Waals surface area (Å²) in [5.74, 6) is 0. The van der Waals surface area contributed by atoms with Crippen LogP contribution in [0.3, 0.4) is 0 Å². The lowest BCUT2D eigenvalue weighted by atomic mass is 10.0. The summed E-state index contributed by atoms with van der Waals surface area (Å²) in [6.45, 7) is 9.50. The van der Waals surface area contributed by atoms with Gasteiger partial charge in [-0.3, -0.25) is 0 Å². The Balaban J connectivity index is 1.03. The Hall–Kier alpha value is -6.84. The van der Waals surface area contributed by atoms with Gasteiger partial charge in [-0.1, -0.05) is 109 Å². The van der Waals surface area contributed by atoms with Crippen molar-refractivity contribution in [2.75, 3.05) is 0 Å². The van der Waals surface area contributed by atoms with Crippen LogP contribution in [-0.2, 0) is 19.6 Å². The maximum Gasteiger partial charge on any atom is 0.0491 e. The molecule has 0 fully saturated rings. The third-order valence-corrected chi connectivity index (χ3v) is 11.7. The van der Waals surface area contributed by atoms with Crippen LogP contribution in [-0.4, -0.2) is 13.7 Å². The highest BCUT2D eigenvalue weighted by atomic mass is 15.0. The molecule has 3 heterocycles. The van der Waals surface area contributed by atoms with Crippen LogP contribution in [0.2, 0.25) is 0 Å². The first-order valence-electron chi connectivity index (χ1n) is 20.3. The minimum Gasteiger partial charge on any atom is -0.341 e. The molecule has 0 aliphatic heterocycles. The Morgan fingerprint density at radius 2 is 0.544 bits per heavy atom. The summed E-state index contributed by atoms with van der Waals surface area (Å²) in [6.07, 6.45) is 13.5. The Bertz CT molecular complexity index is 2890. The Kier molecular flexibility index (Phi) is 8.72. The van der Waals surface area contributed by atoms with Crippen molar-refractivity contribution in [3.63, 3.8) is 0 Å². The van der Waals surface area contributed by atoms with E-state index in [2.05, 4.69) is 217 Å². The molecule has 0 saturated heterocycles. The van der Waals surface area contributed by atoms with E-state index in [4.69, 9.17) is 0 Å². The predicted molar refractivity (Wildman–Crippen MR) is 249 cm³/mol. The fourth-order valence-corrected chi connectivity index (χ4v) is 9.12. The van der Waals surface area contributed by atoms with Gasteiger partial charge in [0.05, 0.1) is 0 Å². The van der Waals surface area contributed by atoms with Crippen molar-refractivity contribution in [2.24, 2.45) is 0 Å². The lowest BCUT2D eigenvalue weighted by Gasteiger charge is -2.05. The fourth-order valence-electron chi connectivity index (χ4n) is 9.12. The van der Waals surface area contributed by atoms with Crippen LogP contribution in [0.1, 0.15) is 54.2 Å². The number of aromatic nitrogens is 3. The van der Waals surface area contributed by atoms with Gasteiger partial charge in [-0.05, 0) is 127 Å². The van der Waals surface area contributed by atoms with Crippen LogP contribution in [0, 0.1) is 0 Å². The van der Waals surface area contributed by atoms with E-state index in [1.165, 1.54) is 82.1 Å². The molecule has 57 heavy (non-hydrogen) atoms. The average Bonchev–Trinajstić information content (AvgIpc) is 3.88. The van der Waals surface area contributed by atoms with Crippen LogP contribution in [0.5, 0.6) is 0 Å². The molecule has 7 aromatic carbocycles. The monoisotopic (exact) mass is 735 g/mol. The van der Waals surface area contributed by atoms with E-state index in [9.17, 15) is 0 Å². The van der Waals surface area contributed by atoms with Gasteiger partial charge in [0.25, 0.3) is 0 Å². The minimum atomic E-state index is 0.946. The summed E-state index contributed by atoms with van der Waals surface area (Å²) in [4.78, 5) is 0. The molecule has 0 amide bonds. The molecule has 276 valence electrons. The first-order chi connectivity index (χ1) is 28.1. The molecule has 0 unspecified atom stereocenters. The van der Waals surface area contributed by atoms with Gasteiger partial charge in [0.2, 0.25) is 0 Å². The molecule has 0 saturated carbocycles. The summed E-state index contributed by atoms with van der Waals surface area (Å²) in [6, 6.07) is 53.6. The third-order valence-electron chi connectivity index (χ3n) is 11.7. The highest BCUT2D eigenvalue weighted by Crippen LogP contribution is 2.33. The van der Waals surface area contributed by atoms with Crippen molar-refractivity contribution >= 4 is 102 Å². The molecular formula is C54H45N3. The number of nitrogens with zero attached hydrogens (tertiary/aromatic N) is 3. The van der Waals surface area contributed by atoms with Crippen molar-refractivity contribution in [1.82, 2.24) is 13.7 Å². The molecule has 10 aromatic rings. The number of benzene rings is 7. The van der Waals surface area contributed by atoms with E-state index in [0.717, 1.165) is 36.3 Å². The number of para-hydroxylation sites is 3. The van der Waals surface area contributed by atoms with Crippen molar-refractivity contribution in [3.05, 3.63) is 179 Å². The lowest BCUT2D eigenvalue weighted by molar-refractivity contribution is 0.827. The Morgan fingerprint density at radius 3 is 0.842 bits per heavy atom. The van der Waals surface area contributed by atoms with Crippen LogP contribution in [0.25, 0.3) is 102 Å². The van der Waals surface area contributed by atoms with Gasteiger partial charge in [-0.15, -0.1) is 0 Å². The number of fused-ring (bicyclic) bond motifs is 9. The SMILES string of the molecule is CCn1c2ccccc2c2cc(C=Cc3cc(C=Cc4ccc5c(c4)c4ccccc4n5CC)cc(C=Cc4ccc5c(c4)c4ccccc4n5CC)c3)ccc21. The highest BCUT2D eigenvalue weighted by Gasteiger charge is 2.12. The molecule has 0 atom stereocenters. The van der Waals surface area contributed by atoms with Gasteiger partial charge in [0, 0.05) is 85.1 Å². The zero-order valence-corrected chi connectivity index (χ0v) is 32.8. The van der Waals surface area contributed by atoms with E-state index < -0.39 is 0 Å². The third kappa shape index (κ3) is 6.07. The maximum atomic E-state index is 2.41. The van der Waals surface area contributed by atoms with Gasteiger partial charge in [-0.25, -0.2) is 0 Å². The molecule has 10 rings (SSSR count). The summed E-state index contributed by atoms with van der Waals surface area (Å²) in [5.41, 5.74) is 14.8. The molecule has 0 aliphatic rings. The number of rotatable bonds is 9. The second-order valence-corrected chi connectivity index (χ2v) is 15.0. The van der Waals surface area contributed by atoms with E-state index in [0.29, 0.717) is 0 Å². The van der Waals surface area contributed by atoms with Crippen molar-refractivity contribution < 1.29 is 0 Å². The summed E-state index contributed by atoms with van der Waals surface area (Å²) in [5, 5.41) is 7.81. The highest BCUT2D eigenvalue weighted by molar-refractivity contribution is 6.11. The molecule has 3 nitrogen and oxygen atoms in total. The summed E-state index contributed by atoms with van der Waals surface area (Å²) < 4.78 is 7.23. The molecule has 0 N–H and O–H groups in total. The first kappa shape index (κ1) is 34.6. The summed E-state index contributed by atoms with van der Waals surface area (Å²) in [7, 11) is 0. The molecule has 3 heteroatoms. The van der Waals surface area contributed by atoms with Gasteiger partial charge in [-0.2, -0.15) is 0 Å².